The maximum atomic E-state index is 15.1. The van der Waals surface area contributed by atoms with E-state index >= 15 is 4.39 Å². The van der Waals surface area contributed by atoms with Crippen molar-refractivity contribution in [3.05, 3.63) is 53.4 Å². The summed E-state index contributed by atoms with van der Waals surface area (Å²) in [6.45, 7) is 0. The van der Waals surface area contributed by atoms with Gasteiger partial charge in [0, 0.05) is 30.5 Å². The minimum atomic E-state index is -2.78. The van der Waals surface area contributed by atoms with E-state index in [0.717, 1.165) is 25.2 Å². The molecule has 0 saturated heterocycles. The smallest absolute Gasteiger partial charge is 0.281 e. The number of hydrogen-bond donors (Lipinski definition) is 2. The quantitative estimate of drug-likeness (QED) is 0.695. The van der Waals surface area contributed by atoms with Gasteiger partial charge in [0.2, 0.25) is 0 Å². The molecule has 2 aliphatic rings. The molecule has 2 heterocycles. The fraction of sp³-hybridized carbons (Fsp3) is 0.429. The average Bonchev–Trinajstić information content (AvgIpc) is 2.79. The number of rotatable bonds is 5. The second kappa shape index (κ2) is 9.07. The van der Waals surface area contributed by atoms with E-state index in [0.29, 0.717) is 28.6 Å². The Bertz CT molecular complexity index is 1040. The van der Waals surface area contributed by atoms with Crippen molar-refractivity contribution < 1.29 is 22.7 Å². The number of methoxy groups -OCH3 is 1. The molecule has 0 radical (unpaired) electrons. The normalized spacial score (nSPS) is 25.2. The SMILES string of the molecule is COC1CCC2CSC(N)=NC2(c2cc(NC(=O)c3cnc(C(F)F)cn3)ccc2F)C1. The first-order valence-corrected chi connectivity index (χ1v) is 11.0. The van der Waals surface area contributed by atoms with Gasteiger partial charge in [0.15, 0.2) is 5.17 Å². The third-order valence-electron chi connectivity index (χ3n) is 5.95. The average molecular weight is 466 g/mol. The minimum Gasteiger partial charge on any atom is -0.381 e. The van der Waals surface area contributed by atoms with Crippen LogP contribution in [-0.4, -0.2) is 40.0 Å². The summed E-state index contributed by atoms with van der Waals surface area (Å²) in [7, 11) is 1.62. The molecule has 0 bridgehead atoms. The predicted molar refractivity (Wildman–Crippen MR) is 115 cm³/mol. The molecule has 1 amide bonds. The van der Waals surface area contributed by atoms with Gasteiger partial charge in [-0.25, -0.2) is 18.2 Å². The molecule has 7 nitrogen and oxygen atoms in total. The number of fused-ring (bicyclic) bond motifs is 1. The highest BCUT2D eigenvalue weighted by Gasteiger charge is 2.49. The molecular formula is C21H22F3N5O2S. The number of ether oxygens (including phenoxy) is 1. The summed E-state index contributed by atoms with van der Waals surface area (Å²) >= 11 is 1.45. The van der Waals surface area contributed by atoms with E-state index in [1.165, 1.54) is 23.9 Å². The number of carbonyl (C=O) groups excluding carboxylic acids is 1. The Balaban J connectivity index is 1.66. The van der Waals surface area contributed by atoms with E-state index in [1.54, 1.807) is 13.2 Å². The molecule has 3 unspecified atom stereocenters. The van der Waals surface area contributed by atoms with Crippen molar-refractivity contribution in [1.82, 2.24) is 9.97 Å². The van der Waals surface area contributed by atoms with Crippen molar-refractivity contribution in [2.75, 3.05) is 18.2 Å². The number of aromatic nitrogens is 2. The molecule has 1 aliphatic heterocycles. The fourth-order valence-electron chi connectivity index (χ4n) is 4.30. The summed E-state index contributed by atoms with van der Waals surface area (Å²) in [6.07, 6.45) is 1.10. The van der Waals surface area contributed by atoms with Crippen LogP contribution >= 0.6 is 11.8 Å². The van der Waals surface area contributed by atoms with Crippen LogP contribution in [0.4, 0.5) is 18.9 Å². The van der Waals surface area contributed by atoms with E-state index in [9.17, 15) is 13.6 Å². The van der Waals surface area contributed by atoms with Gasteiger partial charge < -0.3 is 15.8 Å². The number of anilines is 1. The maximum absolute atomic E-state index is 15.1. The largest absolute Gasteiger partial charge is 0.381 e. The number of amidine groups is 1. The van der Waals surface area contributed by atoms with E-state index in [4.69, 9.17) is 15.5 Å². The Morgan fingerprint density at radius 1 is 1.31 bits per heavy atom. The summed E-state index contributed by atoms with van der Waals surface area (Å²) in [5, 5.41) is 3.02. The number of thioether (sulfide) groups is 1. The number of halogens is 3. The van der Waals surface area contributed by atoms with Gasteiger partial charge in [-0.15, -0.1) is 0 Å². The summed E-state index contributed by atoms with van der Waals surface area (Å²) < 4.78 is 46.0. The number of carbonyl (C=O) groups is 1. The van der Waals surface area contributed by atoms with Gasteiger partial charge in [-0.05, 0) is 37.0 Å². The van der Waals surface area contributed by atoms with Crippen molar-refractivity contribution in [1.29, 1.82) is 0 Å². The highest BCUT2D eigenvalue weighted by Crippen LogP contribution is 2.50. The molecule has 11 heteroatoms. The van der Waals surface area contributed by atoms with Crippen molar-refractivity contribution in [3.8, 4) is 0 Å². The van der Waals surface area contributed by atoms with Gasteiger partial charge >= 0.3 is 0 Å². The summed E-state index contributed by atoms with van der Waals surface area (Å²) in [5.74, 6) is -0.312. The maximum Gasteiger partial charge on any atom is 0.281 e. The summed E-state index contributed by atoms with van der Waals surface area (Å²) in [6, 6.07) is 4.24. The lowest BCUT2D eigenvalue weighted by atomic mass is 9.68. The van der Waals surface area contributed by atoms with Crippen LogP contribution in [0.1, 0.15) is 47.4 Å². The van der Waals surface area contributed by atoms with Crippen LogP contribution in [0.5, 0.6) is 0 Å². The van der Waals surface area contributed by atoms with Crippen LogP contribution in [0.3, 0.4) is 0 Å². The molecule has 3 atom stereocenters. The number of amides is 1. The van der Waals surface area contributed by atoms with Gasteiger partial charge in [0.1, 0.15) is 17.2 Å². The Kier molecular flexibility index (Phi) is 6.38. The molecular weight excluding hydrogens is 443 g/mol. The molecule has 170 valence electrons. The number of nitrogens with zero attached hydrogens (tertiary/aromatic N) is 3. The number of nitrogens with one attached hydrogen (secondary N) is 1. The predicted octanol–water partition coefficient (Wildman–Crippen LogP) is 3.88. The lowest BCUT2D eigenvalue weighted by Crippen LogP contribution is -2.47. The molecule has 4 rings (SSSR count). The number of benzene rings is 1. The molecule has 1 aromatic heterocycles. The van der Waals surface area contributed by atoms with Crippen LogP contribution in [0.2, 0.25) is 0 Å². The molecule has 1 fully saturated rings. The van der Waals surface area contributed by atoms with E-state index in [1.807, 2.05) is 0 Å². The number of nitrogens with two attached hydrogens (primary N) is 1. The monoisotopic (exact) mass is 465 g/mol. The fourth-order valence-corrected chi connectivity index (χ4v) is 5.35. The zero-order chi connectivity index (χ0) is 22.9. The number of hydrogen-bond acceptors (Lipinski definition) is 7. The van der Waals surface area contributed by atoms with Crippen LogP contribution in [0.15, 0.2) is 35.6 Å². The zero-order valence-electron chi connectivity index (χ0n) is 17.2. The summed E-state index contributed by atoms with van der Waals surface area (Å²) in [4.78, 5) is 24.5. The first-order valence-electron chi connectivity index (χ1n) is 10.0. The molecule has 2 aromatic rings. The van der Waals surface area contributed by atoms with Crippen LogP contribution < -0.4 is 11.1 Å². The second-order valence-corrected chi connectivity index (χ2v) is 8.84. The topological polar surface area (TPSA) is 102 Å². The lowest BCUT2D eigenvalue weighted by molar-refractivity contribution is 0.0193. The molecule has 1 aromatic carbocycles. The first kappa shape index (κ1) is 22.5. The first-order chi connectivity index (χ1) is 15.3. The van der Waals surface area contributed by atoms with Gasteiger partial charge in [-0.2, -0.15) is 0 Å². The second-order valence-electron chi connectivity index (χ2n) is 7.80. The lowest BCUT2D eigenvalue weighted by Gasteiger charge is -2.46. The Hall–Kier alpha value is -2.66. The van der Waals surface area contributed by atoms with E-state index < -0.39 is 29.4 Å². The Morgan fingerprint density at radius 3 is 2.81 bits per heavy atom. The Labute approximate surface area is 187 Å². The summed E-state index contributed by atoms with van der Waals surface area (Å²) in [5.41, 5.74) is 5.16. The van der Waals surface area contributed by atoms with Gasteiger partial charge in [-0.1, -0.05) is 11.8 Å². The molecule has 1 aliphatic carbocycles. The van der Waals surface area contributed by atoms with Crippen LogP contribution in [-0.2, 0) is 10.3 Å². The van der Waals surface area contributed by atoms with Gasteiger partial charge in [0.25, 0.3) is 12.3 Å². The molecule has 32 heavy (non-hydrogen) atoms. The zero-order valence-corrected chi connectivity index (χ0v) is 18.0. The number of aliphatic imine (C=N–C) groups is 1. The van der Waals surface area contributed by atoms with E-state index in [2.05, 4.69) is 15.3 Å². The molecule has 3 N–H and O–H groups in total. The third-order valence-corrected chi connectivity index (χ3v) is 6.90. The van der Waals surface area contributed by atoms with Crippen LogP contribution in [0.25, 0.3) is 0 Å². The highest BCUT2D eigenvalue weighted by atomic mass is 32.2. The Morgan fingerprint density at radius 2 is 2.12 bits per heavy atom. The van der Waals surface area contributed by atoms with Crippen molar-refractivity contribution in [2.45, 2.75) is 37.3 Å². The molecule has 1 saturated carbocycles. The van der Waals surface area contributed by atoms with Crippen molar-refractivity contribution >= 4 is 28.5 Å². The van der Waals surface area contributed by atoms with Gasteiger partial charge in [0.05, 0.1) is 24.0 Å². The van der Waals surface area contributed by atoms with Crippen molar-refractivity contribution in [2.24, 2.45) is 16.6 Å². The van der Waals surface area contributed by atoms with Crippen LogP contribution in [0, 0.1) is 11.7 Å². The molecule has 0 spiro atoms. The standard InChI is InChI=1S/C21H22F3N5O2S/c1-31-13-4-2-11-10-32-20(25)29-21(11,7-13)14-6-12(3-5-15(14)22)28-19(30)17-9-26-16(8-27-17)18(23)24/h3,5-6,8-9,11,13,18H,2,4,7,10H2,1H3,(H2,25,29)(H,28,30). The number of alkyl halides is 2. The van der Waals surface area contributed by atoms with Gasteiger partial charge in [-0.3, -0.25) is 14.8 Å². The minimum absolute atomic E-state index is 0.0689. The van der Waals surface area contributed by atoms with Crippen molar-refractivity contribution in [3.63, 3.8) is 0 Å². The third kappa shape index (κ3) is 4.31. The van der Waals surface area contributed by atoms with E-state index in [-0.39, 0.29) is 17.7 Å². The highest BCUT2D eigenvalue weighted by molar-refractivity contribution is 8.13.